The van der Waals surface area contributed by atoms with E-state index in [9.17, 15) is 14.0 Å². The molecule has 2 amide bonds. The van der Waals surface area contributed by atoms with E-state index < -0.39 is 11.7 Å². The van der Waals surface area contributed by atoms with E-state index in [4.69, 9.17) is 32.7 Å². The molecular formula is C19H17Cl2FN2O4. The second-order valence-corrected chi connectivity index (χ2v) is 6.82. The predicted octanol–water partition coefficient (Wildman–Crippen LogP) is 4.05. The van der Waals surface area contributed by atoms with Crippen LogP contribution in [-0.2, 0) is 4.79 Å². The van der Waals surface area contributed by atoms with Crippen molar-refractivity contribution in [3.05, 3.63) is 51.8 Å². The first-order chi connectivity index (χ1) is 13.4. The molecule has 9 heteroatoms. The third-order valence-electron chi connectivity index (χ3n) is 3.92. The molecular weight excluding hydrogens is 410 g/mol. The summed E-state index contributed by atoms with van der Waals surface area (Å²) in [6.07, 6.45) is 0.765. The second-order valence-electron chi connectivity index (χ2n) is 6.01. The first kappa shape index (κ1) is 20.2. The number of hydrogen-bond donors (Lipinski definition) is 2. The molecule has 1 aliphatic heterocycles. The number of carbonyl (C=O) groups is 2. The standard InChI is InChI=1S/C19H17Cl2FN2O4/c20-13-8-11(22)2-3-12(13)19(26)23-5-4-18(25)24-15-10-17-16(9-14(15)21)27-6-1-7-28-17/h2-3,8-10H,1,4-7H2,(H,23,26)(H,24,25). The number of nitrogens with one attached hydrogen (secondary N) is 2. The van der Waals surface area contributed by atoms with E-state index in [-0.39, 0.29) is 29.5 Å². The number of fused-ring (bicyclic) bond motifs is 1. The minimum Gasteiger partial charge on any atom is -0.490 e. The van der Waals surface area contributed by atoms with Crippen LogP contribution in [0.15, 0.2) is 30.3 Å². The van der Waals surface area contributed by atoms with Crippen molar-refractivity contribution in [1.29, 1.82) is 0 Å². The smallest absolute Gasteiger partial charge is 0.252 e. The molecule has 0 radical (unpaired) electrons. The summed E-state index contributed by atoms with van der Waals surface area (Å²) in [5.74, 6) is -0.332. The van der Waals surface area contributed by atoms with E-state index in [1.165, 1.54) is 6.07 Å². The molecule has 0 unspecified atom stereocenters. The molecule has 0 aromatic heterocycles. The van der Waals surface area contributed by atoms with Gasteiger partial charge in [0.15, 0.2) is 11.5 Å². The highest BCUT2D eigenvalue weighted by molar-refractivity contribution is 6.34. The van der Waals surface area contributed by atoms with Gasteiger partial charge >= 0.3 is 0 Å². The monoisotopic (exact) mass is 426 g/mol. The number of benzene rings is 2. The fraction of sp³-hybridized carbons (Fsp3) is 0.263. The maximum absolute atomic E-state index is 13.0. The molecule has 148 valence electrons. The summed E-state index contributed by atoms with van der Waals surface area (Å²) in [7, 11) is 0. The van der Waals surface area contributed by atoms with Gasteiger partial charge in [0, 0.05) is 31.5 Å². The van der Waals surface area contributed by atoms with Gasteiger partial charge in [0.25, 0.3) is 5.91 Å². The molecule has 0 bridgehead atoms. The van der Waals surface area contributed by atoms with Gasteiger partial charge in [-0.15, -0.1) is 0 Å². The summed E-state index contributed by atoms with van der Waals surface area (Å²) < 4.78 is 24.2. The minimum absolute atomic E-state index is 0.000861. The lowest BCUT2D eigenvalue weighted by atomic mass is 10.2. The van der Waals surface area contributed by atoms with Crippen molar-refractivity contribution in [3.8, 4) is 11.5 Å². The Labute approximate surface area is 170 Å². The van der Waals surface area contributed by atoms with Gasteiger partial charge < -0.3 is 20.1 Å². The molecule has 0 spiro atoms. The van der Waals surface area contributed by atoms with Crippen molar-refractivity contribution in [2.75, 3.05) is 25.1 Å². The first-order valence-electron chi connectivity index (χ1n) is 8.56. The van der Waals surface area contributed by atoms with Crippen molar-refractivity contribution in [2.45, 2.75) is 12.8 Å². The van der Waals surface area contributed by atoms with Crippen molar-refractivity contribution in [1.82, 2.24) is 5.32 Å². The van der Waals surface area contributed by atoms with E-state index in [0.717, 1.165) is 18.6 Å². The van der Waals surface area contributed by atoms with Crippen molar-refractivity contribution >= 4 is 40.7 Å². The summed E-state index contributed by atoms with van der Waals surface area (Å²) in [5.41, 5.74) is 0.526. The molecule has 2 aromatic rings. The molecule has 0 saturated heterocycles. The summed E-state index contributed by atoms with van der Waals surface area (Å²) in [5, 5.41) is 5.56. The van der Waals surface area contributed by atoms with Gasteiger partial charge in [0.1, 0.15) is 5.82 Å². The Kier molecular flexibility index (Phi) is 6.59. The first-order valence-corrected chi connectivity index (χ1v) is 9.32. The summed E-state index contributed by atoms with van der Waals surface area (Å²) in [4.78, 5) is 24.2. The van der Waals surface area contributed by atoms with Gasteiger partial charge in [-0.1, -0.05) is 23.2 Å². The zero-order chi connectivity index (χ0) is 20.1. The number of hydrogen-bond acceptors (Lipinski definition) is 4. The maximum atomic E-state index is 13.0. The SMILES string of the molecule is O=C(CCNC(=O)c1ccc(F)cc1Cl)Nc1cc2c(cc1Cl)OCCCO2. The number of halogens is 3. The average molecular weight is 427 g/mol. The number of amides is 2. The Morgan fingerprint density at radius 1 is 1.04 bits per heavy atom. The topological polar surface area (TPSA) is 76.7 Å². The molecule has 0 aliphatic carbocycles. The minimum atomic E-state index is -0.534. The van der Waals surface area contributed by atoms with E-state index in [2.05, 4.69) is 10.6 Å². The van der Waals surface area contributed by atoms with Crippen molar-refractivity contribution in [3.63, 3.8) is 0 Å². The number of carbonyl (C=O) groups excluding carboxylic acids is 2. The molecule has 1 heterocycles. The quantitative estimate of drug-likeness (QED) is 0.755. The van der Waals surface area contributed by atoms with E-state index in [1.54, 1.807) is 12.1 Å². The van der Waals surface area contributed by atoms with Gasteiger partial charge in [-0.2, -0.15) is 0 Å². The molecule has 0 atom stereocenters. The van der Waals surface area contributed by atoms with Gasteiger partial charge in [-0.25, -0.2) is 4.39 Å². The highest BCUT2D eigenvalue weighted by atomic mass is 35.5. The number of anilines is 1. The van der Waals surface area contributed by atoms with Crippen LogP contribution in [0.3, 0.4) is 0 Å². The van der Waals surface area contributed by atoms with Gasteiger partial charge in [0.2, 0.25) is 5.91 Å². The van der Waals surface area contributed by atoms with Crippen molar-refractivity contribution in [2.24, 2.45) is 0 Å². The van der Waals surface area contributed by atoms with Gasteiger partial charge in [-0.3, -0.25) is 9.59 Å². The fourth-order valence-corrected chi connectivity index (χ4v) is 3.00. The normalized spacial score (nSPS) is 12.8. The van der Waals surface area contributed by atoms with Crippen LogP contribution in [0.25, 0.3) is 0 Å². The lowest BCUT2D eigenvalue weighted by molar-refractivity contribution is -0.116. The molecule has 3 rings (SSSR count). The predicted molar refractivity (Wildman–Crippen MR) is 104 cm³/mol. The molecule has 2 aromatic carbocycles. The van der Waals surface area contributed by atoms with Gasteiger partial charge in [0.05, 0.1) is 34.5 Å². The summed E-state index contributed by atoms with van der Waals surface area (Å²) in [6.45, 7) is 1.12. The average Bonchev–Trinajstić information content (AvgIpc) is 2.86. The zero-order valence-corrected chi connectivity index (χ0v) is 16.2. The molecule has 1 aliphatic rings. The van der Waals surface area contributed by atoms with Crippen LogP contribution < -0.4 is 20.1 Å². The highest BCUT2D eigenvalue weighted by Gasteiger charge is 2.16. The molecule has 0 saturated carbocycles. The molecule has 28 heavy (non-hydrogen) atoms. The third kappa shape index (κ3) is 5.05. The van der Waals surface area contributed by atoms with Gasteiger partial charge in [-0.05, 0) is 18.2 Å². The Balaban J connectivity index is 1.54. The van der Waals surface area contributed by atoms with Crippen LogP contribution in [0.4, 0.5) is 10.1 Å². The Hall–Kier alpha value is -2.51. The zero-order valence-electron chi connectivity index (χ0n) is 14.7. The van der Waals surface area contributed by atoms with Crippen LogP contribution in [0.2, 0.25) is 10.0 Å². The molecule has 6 nitrogen and oxygen atoms in total. The van der Waals surface area contributed by atoms with Crippen LogP contribution in [0.5, 0.6) is 11.5 Å². The number of ether oxygens (including phenoxy) is 2. The largest absolute Gasteiger partial charge is 0.490 e. The lowest BCUT2D eigenvalue weighted by Gasteiger charge is -2.13. The molecule has 2 N–H and O–H groups in total. The Bertz CT molecular complexity index is 908. The maximum Gasteiger partial charge on any atom is 0.252 e. The van der Waals surface area contributed by atoms with Crippen LogP contribution in [-0.4, -0.2) is 31.6 Å². The molecule has 0 fully saturated rings. The summed E-state index contributed by atoms with van der Waals surface area (Å²) >= 11 is 12.0. The van der Waals surface area contributed by atoms with E-state index in [0.29, 0.717) is 35.4 Å². The summed E-state index contributed by atoms with van der Waals surface area (Å²) in [6, 6.07) is 6.67. The second kappa shape index (κ2) is 9.12. The van der Waals surface area contributed by atoms with Crippen LogP contribution in [0.1, 0.15) is 23.2 Å². The Morgan fingerprint density at radius 3 is 2.46 bits per heavy atom. The number of rotatable bonds is 5. The van der Waals surface area contributed by atoms with Crippen molar-refractivity contribution < 1.29 is 23.5 Å². The highest BCUT2D eigenvalue weighted by Crippen LogP contribution is 2.37. The lowest BCUT2D eigenvalue weighted by Crippen LogP contribution is -2.28. The van der Waals surface area contributed by atoms with Crippen LogP contribution >= 0.6 is 23.2 Å². The van der Waals surface area contributed by atoms with Crippen LogP contribution in [0, 0.1) is 5.82 Å². The Morgan fingerprint density at radius 2 is 1.75 bits per heavy atom. The fourth-order valence-electron chi connectivity index (χ4n) is 2.55. The van der Waals surface area contributed by atoms with E-state index in [1.807, 2.05) is 0 Å². The third-order valence-corrected chi connectivity index (χ3v) is 4.55. The van der Waals surface area contributed by atoms with E-state index >= 15 is 0 Å².